The number of para-hydroxylation sites is 1. The van der Waals surface area contributed by atoms with Gasteiger partial charge in [0.05, 0.1) is 32.1 Å². The van der Waals surface area contributed by atoms with Crippen LogP contribution in [0, 0.1) is 4.84 Å². The minimum absolute atomic E-state index is 0.177. The molecule has 1 fully saturated rings. The molecule has 9 heteroatoms. The van der Waals surface area contributed by atoms with Crippen LogP contribution in [0.25, 0.3) is 11.5 Å². The third kappa shape index (κ3) is 3.79. The van der Waals surface area contributed by atoms with Gasteiger partial charge in [0.2, 0.25) is 0 Å². The zero-order valence-corrected chi connectivity index (χ0v) is 15.4. The van der Waals surface area contributed by atoms with Crippen molar-refractivity contribution < 1.29 is 23.8 Å². The second-order valence-electron chi connectivity index (χ2n) is 5.94. The number of rotatable bonds is 6. The number of esters is 1. The van der Waals surface area contributed by atoms with Gasteiger partial charge >= 0.3 is 5.97 Å². The summed E-state index contributed by atoms with van der Waals surface area (Å²) in [6.07, 6.45) is -0.281. The fourth-order valence-electron chi connectivity index (χ4n) is 3.02. The zero-order chi connectivity index (χ0) is 18.7. The molecule has 2 aromatic rings. The summed E-state index contributed by atoms with van der Waals surface area (Å²) in [6, 6.07) is 6.87. The lowest BCUT2D eigenvalue weighted by atomic mass is 10.2. The number of methoxy groups -OCH3 is 1. The Bertz CT molecular complexity index is 834. The van der Waals surface area contributed by atoms with Crippen molar-refractivity contribution in [1.82, 2.24) is 14.7 Å². The van der Waals surface area contributed by atoms with Gasteiger partial charge in [0.25, 0.3) is 10.7 Å². The number of hydrogen-bond acceptors (Lipinski definition) is 8. The van der Waals surface area contributed by atoms with Gasteiger partial charge in [0.1, 0.15) is 11.8 Å². The molecule has 0 unspecified atom stereocenters. The molecule has 1 aliphatic heterocycles. The molecular formula is C17H21N3O5S. The maximum absolute atomic E-state index is 11.9. The van der Waals surface area contributed by atoms with Crippen LogP contribution in [-0.4, -0.2) is 58.2 Å². The zero-order valence-electron chi connectivity index (χ0n) is 14.6. The number of likely N-dealkylation sites (tertiary alicyclic amines) is 1. The Hall–Kier alpha value is -2.23. The highest BCUT2D eigenvalue weighted by Gasteiger charge is 2.37. The van der Waals surface area contributed by atoms with E-state index in [4.69, 9.17) is 26.1 Å². The Kier molecular flexibility index (Phi) is 5.70. The van der Waals surface area contributed by atoms with Crippen LogP contribution in [0.1, 0.15) is 13.3 Å². The van der Waals surface area contributed by atoms with E-state index in [1.54, 1.807) is 4.90 Å². The largest absolute Gasteiger partial charge is 0.493 e. The summed E-state index contributed by atoms with van der Waals surface area (Å²) in [5, 5.41) is 14.3. The van der Waals surface area contributed by atoms with Crippen LogP contribution in [0.15, 0.2) is 28.7 Å². The molecule has 2 atom stereocenters. The summed E-state index contributed by atoms with van der Waals surface area (Å²) in [7, 11) is 1.33. The fraction of sp³-hybridized carbons (Fsp3) is 0.471. The van der Waals surface area contributed by atoms with Crippen LogP contribution in [0.2, 0.25) is 0 Å². The Morgan fingerprint density at radius 2 is 2.23 bits per heavy atom. The molecule has 1 saturated heterocycles. The maximum Gasteiger partial charge on any atom is 0.323 e. The van der Waals surface area contributed by atoms with Crippen molar-refractivity contribution in [3.05, 3.63) is 29.1 Å². The van der Waals surface area contributed by atoms with Crippen LogP contribution in [0.4, 0.5) is 0 Å². The molecular weight excluding hydrogens is 358 g/mol. The lowest BCUT2D eigenvalue weighted by molar-refractivity contribution is -0.146. The minimum atomic E-state index is -0.599. The summed E-state index contributed by atoms with van der Waals surface area (Å²) in [6.45, 7) is 2.97. The lowest BCUT2D eigenvalue weighted by Gasteiger charge is -2.21. The summed E-state index contributed by atoms with van der Waals surface area (Å²) in [5.41, 5.74) is 0.699. The van der Waals surface area contributed by atoms with Gasteiger partial charge in [0, 0.05) is 13.0 Å². The van der Waals surface area contributed by atoms with Gasteiger partial charge in [-0.1, -0.05) is 12.1 Å². The Morgan fingerprint density at radius 1 is 1.46 bits per heavy atom. The lowest BCUT2D eigenvalue weighted by Crippen LogP contribution is -2.38. The molecule has 1 aliphatic rings. The Balaban J connectivity index is 1.85. The molecule has 2 heterocycles. The highest BCUT2D eigenvalue weighted by molar-refractivity contribution is 7.71. The van der Waals surface area contributed by atoms with E-state index >= 15 is 0 Å². The summed E-state index contributed by atoms with van der Waals surface area (Å²) in [5.74, 6) is 0.606. The average molecular weight is 379 g/mol. The standard InChI is InChI=1S/C17H21N3O5S/c1-3-24-14-7-5-4-6-12(14)15-18-20(17(26)25-15)10-19-9-11(21)8-13(19)16(22)23-2/h4-7,11,13,21H,3,8-10H2,1-2H3/t11-,13-/m0/s1. The molecule has 3 rings (SSSR count). The van der Waals surface area contributed by atoms with E-state index in [0.717, 1.165) is 0 Å². The van der Waals surface area contributed by atoms with Gasteiger partial charge in [0.15, 0.2) is 0 Å². The predicted molar refractivity (Wildman–Crippen MR) is 95.1 cm³/mol. The van der Waals surface area contributed by atoms with Gasteiger partial charge in [-0.05, 0) is 31.3 Å². The molecule has 0 radical (unpaired) electrons. The van der Waals surface area contributed by atoms with Crippen LogP contribution >= 0.6 is 12.2 Å². The molecule has 26 heavy (non-hydrogen) atoms. The number of aliphatic hydroxyl groups is 1. The highest BCUT2D eigenvalue weighted by Crippen LogP contribution is 2.29. The van der Waals surface area contributed by atoms with Gasteiger partial charge in [-0.15, -0.1) is 5.10 Å². The monoisotopic (exact) mass is 379 g/mol. The van der Waals surface area contributed by atoms with E-state index in [9.17, 15) is 9.90 Å². The van der Waals surface area contributed by atoms with E-state index in [-0.39, 0.29) is 11.5 Å². The van der Waals surface area contributed by atoms with E-state index in [2.05, 4.69) is 5.10 Å². The molecule has 0 spiro atoms. The van der Waals surface area contributed by atoms with Crippen molar-refractivity contribution >= 4 is 18.2 Å². The number of aliphatic hydroxyl groups excluding tert-OH is 1. The first-order valence-corrected chi connectivity index (χ1v) is 8.74. The van der Waals surface area contributed by atoms with E-state index in [0.29, 0.717) is 36.8 Å². The second kappa shape index (κ2) is 7.98. The van der Waals surface area contributed by atoms with Crippen LogP contribution in [0.3, 0.4) is 0 Å². The van der Waals surface area contributed by atoms with E-state index in [1.165, 1.54) is 11.8 Å². The van der Waals surface area contributed by atoms with E-state index < -0.39 is 18.1 Å². The van der Waals surface area contributed by atoms with Gasteiger partial charge in [-0.3, -0.25) is 9.69 Å². The molecule has 1 N–H and O–H groups in total. The smallest absolute Gasteiger partial charge is 0.323 e. The SMILES string of the molecule is CCOc1ccccc1-c1nn(CN2C[C@@H](O)C[C@H]2C(=O)OC)c(=S)o1. The first-order valence-electron chi connectivity index (χ1n) is 8.33. The van der Waals surface area contributed by atoms with Crippen molar-refractivity contribution in [3.8, 4) is 17.2 Å². The molecule has 0 amide bonds. The number of aromatic nitrogens is 2. The topological polar surface area (TPSA) is 90.0 Å². The van der Waals surface area contributed by atoms with Crippen LogP contribution in [-0.2, 0) is 16.2 Å². The third-order valence-corrected chi connectivity index (χ3v) is 4.49. The normalized spacial score (nSPS) is 20.3. The first kappa shape index (κ1) is 18.6. The van der Waals surface area contributed by atoms with Crippen molar-refractivity contribution in [3.63, 3.8) is 0 Å². The number of carbonyl (C=O) groups is 1. The van der Waals surface area contributed by atoms with Crippen molar-refractivity contribution in [1.29, 1.82) is 0 Å². The predicted octanol–water partition coefficient (Wildman–Crippen LogP) is 1.84. The minimum Gasteiger partial charge on any atom is -0.493 e. The average Bonchev–Trinajstić information content (AvgIpc) is 3.18. The molecule has 1 aromatic heterocycles. The third-order valence-electron chi connectivity index (χ3n) is 4.19. The number of carbonyl (C=O) groups excluding carboxylic acids is 1. The fourth-order valence-corrected chi connectivity index (χ4v) is 3.20. The number of ether oxygens (including phenoxy) is 2. The van der Waals surface area contributed by atoms with Crippen LogP contribution < -0.4 is 4.74 Å². The summed E-state index contributed by atoms with van der Waals surface area (Å²) >= 11 is 5.27. The number of nitrogens with zero attached hydrogens (tertiary/aromatic N) is 3. The van der Waals surface area contributed by atoms with Crippen molar-refractivity contribution in [2.45, 2.75) is 32.2 Å². The Labute approximate surface area is 155 Å². The number of benzene rings is 1. The summed E-state index contributed by atoms with van der Waals surface area (Å²) in [4.78, 5) is 13.9. The molecule has 1 aromatic carbocycles. The second-order valence-corrected chi connectivity index (χ2v) is 6.29. The molecule has 0 aliphatic carbocycles. The molecule has 0 bridgehead atoms. The van der Waals surface area contributed by atoms with Gasteiger partial charge in [-0.2, -0.15) is 0 Å². The van der Waals surface area contributed by atoms with E-state index in [1.807, 2.05) is 31.2 Å². The number of β-amino-alcohol motifs (C(OH)–C–C–N with tert-alkyl or cyclic N) is 1. The molecule has 140 valence electrons. The molecule has 0 saturated carbocycles. The number of hydrogen-bond donors (Lipinski definition) is 1. The highest BCUT2D eigenvalue weighted by atomic mass is 32.1. The quantitative estimate of drug-likeness (QED) is 0.601. The first-order chi connectivity index (χ1) is 12.5. The van der Waals surface area contributed by atoms with Crippen molar-refractivity contribution in [2.75, 3.05) is 20.3 Å². The van der Waals surface area contributed by atoms with Crippen LogP contribution in [0.5, 0.6) is 5.75 Å². The summed E-state index contributed by atoms with van der Waals surface area (Å²) < 4.78 is 17.5. The van der Waals surface area contributed by atoms with Crippen molar-refractivity contribution in [2.24, 2.45) is 0 Å². The maximum atomic E-state index is 11.9. The van der Waals surface area contributed by atoms with Gasteiger partial charge in [-0.25, -0.2) is 4.68 Å². The van der Waals surface area contributed by atoms with Gasteiger partial charge < -0.3 is 19.0 Å². The molecule has 8 nitrogen and oxygen atoms in total. The Morgan fingerprint density at radius 3 is 2.96 bits per heavy atom.